The SMILES string of the molecule is C1=CCC=C2Cc3ccccc3OC2=C1. The van der Waals surface area contributed by atoms with Crippen LogP contribution >= 0.6 is 0 Å². The van der Waals surface area contributed by atoms with Crippen LogP contribution in [0.25, 0.3) is 0 Å². The highest BCUT2D eigenvalue weighted by atomic mass is 16.5. The van der Waals surface area contributed by atoms with Gasteiger partial charge in [-0.2, -0.15) is 0 Å². The molecule has 1 aliphatic carbocycles. The van der Waals surface area contributed by atoms with Crippen molar-refractivity contribution < 1.29 is 4.74 Å². The highest BCUT2D eigenvalue weighted by Crippen LogP contribution is 2.33. The second kappa shape index (κ2) is 3.43. The Hall–Kier alpha value is -1.76. The average molecular weight is 196 g/mol. The Bertz CT molecular complexity index is 478. The Kier molecular flexibility index (Phi) is 1.95. The van der Waals surface area contributed by atoms with Gasteiger partial charge in [0, 0.05) is 6.42 Å². The van der Waals surface area contributed by atoms with Crippen molar-refractivity contribution in [1.82, 2.24) is 0 Å². The molecule has 0 unspecified atom stereocenters. The smallest absolute Gasteiger partial charge is 0.130 e. The third-order valence-electron chi connectivity index (χ3n) is 2.77. The first-order valence-electron chi connectivity index (χ1n) is 5.25. The molecule has 1 aliphatic heterocycles. The Balaban J connectivity index is 2.07. The molecule has 1 aromatic carbocycles. The standard InChI is InChI=1S/C14H12O/c1-2-6-11-10-12-7-4-5-9-14(12)15-13(11)8-3-1/h1,3-9H,2,10H2. The minimum absolute atomic E-state index is 0.990. The van der Waals surface area contributed by atoms with Crippen molar-refractivity contribution >= 4 is 0 Å². The van der Waals surface area contributed by atoms with E-state index in [0.29, 0.717) is 0 Å². The summed E-state index contributed by atoms with van der Waals surface area (Å²) in [6, 6.07) is 8.24. The van der Waals surface area contributed by atoms with E-state index in [1.807, 2.05) is 12.1 Å². The van der Waals surface area contributed by atoms with Crippen molar-refractivity contribution in [2.24, 2.45) is 0 Å². The first kappa shape index (κ1) is 8.54. The molecular weight excluding hydrogens is 184 g/mol. The summed E-state index contributed by atoms with van der Waals surface area (Å²) in [4.78, 5) is 0. The van der Waals surface area contributed by atoms with Gasteiger partial charge in [-0.15, -0.1) is 0 Å². The number of hydrogen-bond donors (Lipinski definition) is 0. The number of hydrogen-bond acceptors (Lipinski definition) is 1. The Morgan fingerprint density at radius 1 is 1.13 bits per heavy atom. The van der Waals surface area contributed by atoms with Gasteiger partial charge in [0.05, 0.1) is 0 Å². The molecule has 1 heteroatoms. The topological polar surface area (TPSA) is 9.23 Å². The van der Waals surface area contributed by atoms with Gasteiger partial charge >= 0.3 is 0 Å². The third kappa shape index (κ3) is 1.50. The fourth-order valence-electron chi connectivity index (χ4n) is 1.98. The first-order chi connectivity index (χ1) is 7.43. The number of rotatable bonds is 0. The molecule has 0 fully saturated rings. The average Bonchev–Trinajstić information content (AvgIpc) is 2.50. The number of ether oxygens (including phenoxy) is 1. The summed E-state index contributed by atoms with van der Waals surface area (Å²) >= 11 is 0. The zero-order valence-electron chi connectivity index (χ0n) is 8.44. The van der Waals surface area contributed by atoms with Gasteiger partial charge in [0.25, 0.3) is 0 Å². The van der Waals surface area contributed by atoms with Crippen LogP contribution in [0.4, 0.5) is 0 Å². The van der Waals surface area contributed by atoms with Gasteiger partial charge in [-0.3, -0.25) is 0 Å². The van der Waals surface area contributed by atoms with Crippen molar-refractivity contribution in [2.45, 2.75) is 12.8 Å². The zero-order valence-corrected chi connectivity index (χ0v) is 8.44. The van der Waals surface area contributed by atoms with Crippen molar-refractivity contribution in [1.29, 1.82) is 0 Å². The molecule has 1 heterocycles. The molecule has 1 aromatic rings. The van der Waals surface area contributed by atoms with E-state index >= 15 is 0 Å². The molecule has 0 amide bonds. The van der Waals surface area contributed by atoms with E-state index in [2.05, 4.69) is 36.4 Å². The Labute approximate surface area is 89.4 Å². The molecule has 1 nitrogen and oxygen atoms in total. The van der Waals surface area contributed by atoms with Gasteiger partial charge in [-0.1, -0.05) is 36.4 Å². The van der Waals surface area contributed by atoms with Crippen LogP contribution in [0, 0.1) is 0 Å². The molecule has 2 aliphatic rings. The molecule has 0 spiro atoms. The van der Waals surface area contributed by atoms with Crippen LogP contribution < -0.4 is 4.74 Å². The molecule has 0 bridgehead atoms. The lowest BCUT2D eigenvalue weighted by molar-refractivity contribution is 0.415. The molecule has 0 saturated heterocycles. The predicted octanol–water partition coefficient (Wildman–Crippen LogP) is 3.39. The first-order valence-corrected chi connectivity index (χ1v) is 5.25. The maximum Gasteiger partial charge on any atom is 0.130 e. The van der Waals surface area contributed by atoms with Crippen molar-refractivity contribution in [3.63, 3.8) is 0 Å². The van der Waals surface area contributed by atoms with Crippen LogP contribution in [-0.4, -0.2) is 0 Å². The van der Waals surface area contributed by atoms with Crippen LogP contribution in [0.5, 0.6) is 5.75 Å². The summed E-state index contributed by atoms with van der Waals surface area (Å²) < 4.78 is 5.86. The van der Waals surface area contributed by atoms with Gasteiger partial charge in [0.2, 0.25) is 0 Å². The Morgan fingerprint density at radius 2 is 2.07 bits per heavy atom. The van der Waals surface area contributed by atoms with Crippen LogP contribution in [0.1, 0.15) is 12.0 Å². The van der Waals surface area contributed by atoms with Crippen LogP contribution in [0.3, 0.4) is 0 Å². The third-order valence-corrected chi connectivity index (χ3v) is 2.77. The molecule has 15 heavy (non-hydrogen) atoms. The minimum atomic E-state index is 0.990. The van der Waals surface area contributed by atoms with E-state index < -0.39 is 0 Å². The van der Waals surface area contributed by atoms with Crippen LogP contribution in [-0.2, 0) is 6.42 Å². The molecule has 0 N–H and O–H groups in total. The summed E-state index contributed by atoms with van der Waals surface area (Å²) in [7, 11) is 0. The van der Waals surface area contributed by atoms with E-state index in [4.69, 9.17) is 4.74 Å². The lowest BCUT2D eigenvalue weighted by Crippen LogP contribution is -2.09. The van der Waals surface area contributed by atoms with Crippen molar-refractivity contribution in [3.8, 4) is 5.75 Å². The Morgan fingerprint density at radius 3 is 3.07 bits per heavy atom. The number of allylic oxidation sites excluding steroid dienone is 5. The van der Waals surface area contributed by atoms with Gasteiger partial charge in [0.1, 0.15) is 11.5 Å². The summed E-state index contributed by atoms with van der Waals surface area (Å²) in [5.74, 6) is 2.00. The van der Waals surface area contributed by atoms with E-state index in [0.717, 1.165) is 24.4 Å². The normalized spacial score (nSPS) is 17.9. The number of para-hydroxylation sites is 1. The van der Waals surface area contributed by atoms with Crippen molar-refractivity contribution in [3.05, 3.63) is 65.5 Å². The maximum absolute atomic E-state index is 5.86. The van der Waals surface area contributed by atoms with Gasteiger partial charge in [-0.05, 0) is 29.7 Å². The number of fused-ring (bicyclic) bond motifs is 2. The molecule has 0 atom stereocenters. The quantitative estimate of drug-likeness (QED) is 0.618. The minimum Gasteiger partial charge on any atom is -0.457 e. The van der Waals surface area contributed by atoms with Gasteiger partial charge in [-0.25, -0.2) is 0 Å². The maximum atomic E-state index is 5.86. The van der Waals surface area contributed by atoms with E-state index in [1.54, 1.807) is 0 Å². The second-order valence-corrected chi connectivity index (χ2v) is 3.81. The zero-order chi connectivity index (χ0) is 10.1. The molecule has 0 aromatic heterocycles. The molecule has 0 saturated carbocycles. The van der Waals surface area contributed by atoms with E-state index in [1.165, 1.54) is 11.1 Å². The summed E-state index contributed by atoms with van der Waals surface area (Å²) in [6.07, 6.45) is 10.5. The lowest BCUT2D eigenvalue weighted by atomic mass is 9.99. The second-order valence-electron chi connectivity index (χ2n) is 3.81. The van der Waals surface area contributed by atoms with Gasteiger partial charge < -0.3 is 4.74 Å². The molecule has 74 valence electrons. The lowest BCUT2D eigenvalue weighted by Gasteiger charge is -2.21. The number of benzene rings is 1. The molecule has 3 rings (SSSR count). The van der Waals surface area contributed by atoms with Crippen molar-refractivity contribution in [2.75, 3.05) is 0 Å². The molecular formula is C14H12O. The van der Waals surface area contributed by atoms with Gasteiger partial charge in [0.15, 0.2) is 0 Å². The summed E-state index contributed by atoms with van der Waals surface area (Å²) in [5, 5.41) is 0. The fourth-order valence-corrected chi connectivity index (χ4v) is 1.98. The highest BCUT2D eigenvalue weighted by molar-refractivity contribution is 5.48. The fraction of sp³-hybridized carbons (Fsp3) is 0.143. The monoisotopic (exact) mass is 196 g/mol. The summed E-state index contributed by atoms with van der Waals surface area (Å²) in [5.41, 5.74) is 2.58. The van der Waals surface area contributed by atoms with Crippen LogP contribution in [0.2, 0.25) is 0 Å². The highest BCUT2D eigenvalue weighted by Gasteiger charge is 2.18. The largest absolute Gasteiger partial charge is 0.457 e. The predicted molar refractivity (Wildman–Crippen MR) is 60.7 cm³/mol. The van der Waals surface area contributed by atoms with Crippen LogP contribution in [0.15, 0.2) is 59.9 Å². The summed E-state index contributed by atoms with van der Waals surface area (Å²) in [6.45, 7) is 0. The van der Waals surface area contributed by atoms with E-state index in [-0.39, 0.29) is 0 Å². The molecule has 0 radical (unpaired) electrons. The van der Waals surface area contributed by atoms with E-state index in [9.17, 15) is 0 Å².